The molecule has 2 aliphatic heterocycles. The first kappa shape index (κ1) is 16.9. The summed E-state index contributed by atoms with van der Waals surface area (Å²) in [5.41, 5.74) is -0.467. The van der Waals surface area contributed by atoms with E-state index in [4.69, 9.17) is 4.74 Å². The number of amides is 3. The van der Waals surface area contributed by atoms with Crippen molar-refractivity contribution in [2.45, 2.75) is 77.1 Å². The van der Waals surface area contributed by atoms with Crippen LogP contribution in [0.15, 0.2) is 0 Å². The fourth-order valence-electron chi connectivity index (χ4n) is 3.34. The molecule has 3 amide bonds. The minimum Gasteiger partial charge on any atom is -0.444 e. The summed E-state index contributed by atoms with van der Waals surface area (Å²) in [7, 11) is 1.79. The Kier molecular flexibility index (Phi) is 4.87. The Balaban J connectivity index is 1.94. The molecule has 22 heavy (non-hydrogen) atoms. The molecule has 0 aromatic rings. The molecule has 0 saturated carbocycles. The summed E-state index contributed by atoms with van der Waals surface area (Å²) in [6.45, 7) is 8.31. The van der Waals surface area contributed by atoms with Gasteiger partial charge in [-0.25, -0.2) is 9.59 Å². The van der Waals surface area contributed by atoms with Crippen molar-refractivity contribution in [3.8, 4) is 0 Å². The quantitative estimate of drug-likeness (QED) is 0.852. The molecule has 2 bridgehead atoms. The Morgan fingerprint density at radius 1 is 1.23 bits per heavy atom. The maximum atomic E-state index is 12.4. The van der Waals surface area contributed by atoms with Crippen molar-refractivity contribution in [3.63, 3.8) is 0 Å². The number of piperidine rings is 1. The van der Waals surface area contributed by atoms with Gasteiger partial charge in [-0.1, -0.05) is 0 Å². The number of carbonyl (C=O) groups is 2. The summed E-state index contributed by atoms with van der Waals surface area (Å²) in [5, 5.41) is 3.09. The lowest BCUT2D eigenvalue weighted by molar-refractivity contribution is 0.00513. The molecular formula is C16H29N3O3. The number of hydrogen-bond donors (Lipinski definition) is 1. The number of nitrogens with one attached hydrogen (secondary N) is 1. The van der Waals surface area contributed by atoms with Gasteiger partial charge in [0.2, 0.25) is 0 Å². The van der Waals surface area contributed by atoms with Gasteiger partial charge in [-0.3, -0.25) is 0 Å². The van der Waals surface area contributed by atoms with Crippen molar-refractivity contribution >= 4 is 12.1 Å². The van der Waals surface area contributed by atoms with Gasteiger partial charge >= 0.3 is 12.1 Å². The maximum Gasteiger partial charge on any atom is 0.410 e. The SMILES string of the molecule is CCN(C)C(=O)NC1CC2CCC(C1)N2C(=O)OC(C)(C)C. The smallest absolute Gasteiger partial charge is 0.410 e. The second kappa shape index (κ2) is 6.34. The van der Waals surface area contributed by atoms with Crippen LogP contribution >= 0.6 is 0 Å². The third-order valence-corrected chi connectivity index (χ3v) is 4.49. The van der Waals surface area contributed by atoms with E-state index < -0.39 is 5.60 Å². The second-order valence-electron chi connectivity index (χ2n) is 7.40. The summed E-state index contributed by atoms with van der Waals surface area (Å²) in [4.78, 5) is 27.9. The van der Waals surface area contributed by atoms with Crippen LogP contribution in [0.4, 0.5) is 9.59 Å². The minimum absolute atomic E-state index is 0.0300. The van der Waals surface area contributed by atoms with Gasteiger partial charge in [0.1, 0.15) is 5.60 Å². The maximum absolute atomic E-state index is 12.4. The van der Waals surface area contributed by atoms with Gasteiger partial charge in [0.15, 0.2) is 0 Å². The van der Waals surface area contributed by atoms with E-state index in [9.17, 15) is 9.59 Å². The lowest BCUT2D eigenvalue weighted by Gasteiger charge is -2.40. The average molecular weight is 311 g/mol. The Bertz CT molecular complexity index is 419. The van der Waals surface area contributed by atoms with E-state index in [1.807, 2.05) is 32.6 Å². The Labute approximate surface area is 133 Å². The summed E-state index contributed by atoms with van der Waals surface area (Å²) in [5.74, 6) is 0. The van der Waals surface area contributed by atoms with Gasteiger partial charge in [-0.15, -0.1) is 0 Å². The van der Waals surface area contributed by atoms with E-state index in [2.05, 4.69) is 5.32 Å². The molecule has 1 N–H and O–H groups in total. The lowest BCUT2D eigenvalue weighted by atomic mass is 9.98. The monoisotopic (exact) mass is 311 g/mol. The summed E-state index contributed by atoms with van der Waals surface area (Å²) >= 11 is 0. The third-order valence-electron chi connectivity index (χ3n) is 4.49. The zero-order valence-corrected chi connectivity index (χ0v) is 14.4. The number of urea groups is 1. The molecule has 6 heteroatoms. The first-order chi connectivity index (χ1) is 10.2. The van der Waals surface area contributed by atoms with E-state index in [0.29, 0.717) is 6.54 Å². The molecule has 2 unspecified atom stereocenters. The highest BCUT2D eigenvalue weighted by Crippen LogP contribution is 2.36. The fraction of sp³-hybridized carbons (Fsp3) is 0.875. The van der Waals surface area contributed by atoms with E-state index in [0.717, 1.165) is 25.7 Å². The molecule has 2 rings (SSSR count). The van der Waals surface area contributed by atoms with Crippen molar-refractivity contribution < 1.29 is 14.3 Å². The molecule has 0 spiro atoms. The topological polar surface area (TPSA) is 61.9 Å². The highest BCUT2D eigenvalue weighted by molar-refractivity contribution is 5.74. The average Bonchev–Trinajstić information content (AvgIpc) is 2.68. The number of hydrogen-bond acceptors (Lipinski definition) is 3. The van der Waals surface area contributed by atoms with E-state index in [1.165, 1.54) is 0 Å². The van der Waals surface area contributed by atoms with E-state index in [1.54, 1.807) is 11.9 Å². The fourth-order valence-corrected chi connectivity index (χ4v) is 3.34. The van der Waals surface area contributed by atoms with Gasteiger partial charge in [0.25, 0.3) is 0 Å². The minimum atomic E-state index is -0.467. The highest BCUT2D eigenvalue weighted by Gasteiger charge is 2.45. The number of ether oxygens (including phenoxy) is 1. The summed E-state index contributed by atoms with van der Waals surface area (Å²) < 4.78 is 5.52. The van der Waals surface area contributed by atoms with Crippen LogP contribution in [0.2, 0.25) is 0 Å². The van der Waals surface area contributed by atoms with Crippen LogP contribution in [0.1, 0.15) is 53.4 Å². The highest BCUT2D eigenvalue weighted by atomic mass is 16.6. The first-order valence-corrected chi connectivity index (χ1v) is 8.24. The van der Waals surface area contributed by atoms with Gasteiger partial charge < -0.3 is 19.9 Å². The van der Waals surface area contributed by atoms with Crippen molar-refractivity contribution in [2.24, 2.45) is 0 Å². The van der Waals surface area contributed by atoms with Crippen LogP contribution in [0.3, 0.4) is 0 Å². The molecule has 2 saturated heterocycles. The van der Waals surface area contributed by atoms with E-state index in [-0.39, 0.29) is 30.2 Å². The van der Waals surface area contributed by atoms with Crippen LogP contribution in [0.5, 0.6) is 0 Å². The van der Waals surface area contributed by atoms with Crippen LogP contribution in [-0.2, 0) is 4.74 Å². The predicted molar refractivity (Wildman–Crippen MR) is 84.7 cm³/mol. The molecule has 2 aliphatic rings. The second-order valence-corrected chi connectivity index (χ2v) is 7.40. The van der Waals surface area contributed by atoms with Crippen molar-refractivity contribution in [2.75, 3.05) is 13.6 Å². The van der Waals surface area contributed by atoms with Crippen molar-refractivity contribution in [3.05, 3.63) is 0 Å². The van der Waals surface area contributed by atoms with Crippen LogP contribution in [0, 0.1) is 0 Å². The van der Waals surface area contributed by atoms with Crippen molar-refractivity contribution in [1.29, 1.82) is 0 Å². The molecule has 0 aliphatic carbocycles. The Morgan fingerprint density at radius 3 is 2.23 bits per heavy atom. The molecule has 0 aromatic heterocycles. The molecule has 2 heterocycles. The lowest BCUT2D eigenvalue weighted by Crippen LogP contribution is -2.54. The van der Waals surface area contributed by atoms with Gasteiger partial charge in [-0.05, 0) is 53.4 Å². The van der Waals surface area contributed by atoms with Gasteiger partial charge in [0.05, 0.1) is 0 Å². The molecule has 0 radical (unpaired) electrons. The number of rotatable bonds is 2. The molecule has 2 atom stereocenters. The normalized spacial score (nSPS) is 27.5. The zero-order valence-electron chi connectivity index (χ0n) is 14.4. The number of fused-ring (bicyclic) bond motifs is 2. The first-order valence-electron chi connectivity index (χ1n) is 8.24. The van der Waals surface area contributed by atoms with Gasteiger partial charge in [0, 0.05) is 31.7 Å². The van der Waals surface area contributed by atoms with Crippen LogP contribution in [-0.4, -0.2) is 59.2 Å². The zero-order chi connectivity index (χ0) is 16.5. The van der Waals surface area contributed by atoms with E-state index >= 15 is 0 Å². The summed E-state index contributed by atoms with van der Waals surface area (Å²) in [6, 6.07) is 0.493. The molecule has 0 aromatic carbocycles. The van der Waals surface area contributed by atoms with Crippen LogP contribution in [0.25, 0.3) is 0 Å². The molecule has 126 valence electrons. The molecular weight excluding hydrogens is 282 g/mol. The van der Waals surface area contributed by atoms with Crippen LogP contribution < -0.4 is 5.32 Å². The molecule has 2 fully saturated rings. The predicted octanol–water partition coefficient (Wildman–Crippen LogP) is 2.58. The Hall–Kier alpha value is -1.46. The number of carbonyl (C=O) groups excluding carboxylic acids is 2. The van der Waals surface area contributed by atoms with Crippen molar-refractivity contribution in [1.82, 2.24) is 15.1 Å². The third kappa shape index (κ3) is 3.84. The number of nitrogens with zero attached hydrogens (tertiary/aromatic N) is 2. The summed E-state index contributed by atoms with van der Waals surface area (Å²) in [6.07, 6.45) is 3.42. The molecule has 6 nitrogen and oxygen atoms in total. The Morgan fingerprint density at radius 2 is 1.77 bits per heavy atom. The van der Waals surface area contributed by atoms with Gasteiger partial charge in [-0.2, -0.15) is 0 Å². The largest absolute Gasteiger partial charge is 0.444 e. The standard InChI is InChI=1S/C16H29N3O3/c1-6-18(5)14(20)17-11-9-12-7-8-13(10-11)19(12)15(21)22-16(2,3)4/h11-13H,6-10H2,1-5H3,(H,17,20).